The molecule has 10 rings (SSSR count). The fourth-order valence-electron chi connectivity index (χ4n) is 11.7. The number of aromatic nitrogens is 4. The number of rotatable bonds is 5. The molecule has 3 aromatic rings. The predicted octanol–water partition coefficient (Wildman–Crippen LogP) is 5.61. The Bertz CT molecular complexity index is 1950. The molecule has 1 aromatic carbocycles. The van der Waals surface area contributed by atoms with Crippen LogP contribution in [0.2, 0.25) is 0 Å². The highest BCUT2D eigenvalue weighted by atomic mass is 19.1. The Morgan fingerprint density at radius 2 is 1.52 bits per heavy atom. The molecule has 2 aromatic heterocycles. The zero-order valence-electron chi connectivity index (χ0n) is 29.1. The van der Waals surface area contributed by atoms with Gasteiger partial charge >= 0.3 is 17.8 Å². The van der Waals surface area contributed by atoms with E-state index in [2.05, 4.69) is 0 Å². The van der Waals surface area contributed by atoms with Crippen molar-refractivity contribution in [3.05, 3.63) is 63.2 Å². The lowest BCUT2D eigenvalue weighted by Crippen LogP contribution is -3.12. The number of carbonyl (C=O) groups excluding carboxylic acids is 2. The summed E-state index contributed by atoms with van der Waals surface area (Å²) >= 11 is 0. The Balaban J connectivity index is 1.09. The van der Waals surface area contributed by atoms with Crippen LogP contribution in [0.5, 0.6) is 0 Å². The molecule has 0 radical (unpaired) electrons. The van der Waals surface area contributed by atoms with Crippen molar-refractivity contribution in [1.29, 1.82) is 0 Å². The molecule has 0 N–H and O–H groups in total. The number of benzene rings is 1. The normalized spacial score (nSPS) is 34.5. The molecule has 7 aliphatic rings. The van der Waals surface area contributed by atoms with Crippen molar-refractivity contribution in [3.8, 4) is 11.5 Å². The van der Waals surface area contributed by atoms with E-state index in [4.69, 9.17) is 14.6 Å². The van der Waals surface area contributed by atoms with Gasteiger partial charge in [0.15, 0.2) is 0 Å². The maximum atomic E-state index is 14.8. The van der Waals surface area contributed by atoms with Gasteiger partial charge in [-0.25, -0.2) is 18.7 Å². The molecular formula is C37H44FN5O5. The molecule has 10 nitrogen and oxygen atoms in total. The zero-order chi connectivity index (χ0) is 34.2. The Morgan fingerprint density at radius 3 is 2.08 bits per heavy atom. The summed E-state index contributed by atoms with van der Waals surface area (Å²) in [5.41, 5.74) is 1.88. The Hall–Kier alpha value is -3.89. The molecule has 3 heterocycles. The van der Waals surface area contributed by atoms with Crippen molar-refractivity contribution < 1.29 is 23.5 Å². The predicted molar refractivity (Wildman–Crippen MR) is 173 cm³/mol. The fraction of sp³-hybridized carbons (Fsp3) is 0.622. The van der Waals surface area contributed by atoms with Crippen LogP contribution >= 0.6 is 0 Å². The molecule has 1 amide bonds. The van der Waals surface area contributed by atoms with Crippen LogP contribution < -0.4 is 5.69 Å². The first-order chi connectivity index (χ1) is 22.4. The minimum absolute atomic E-state index is 0.0901. The van der Waals surface area contributed by atoms with Crippen LogP contribution in [0.4, 0.5) is 9.18 Å². The van der Waals surface area contributed by atoms with Gasteiger partial charge in [-0.2, -0.15) is 5.10 Å². The van der Waals surface area contributed by atoms with E-state index in [-0.39, 0.29) is 28.4 Å². The standard InChI is InChI=1S/C37H44FN5O5/c1-17-14-20(15-18(2)30(17)38)43-31(23-19(3)40(11-10-21(23)39-43)33(46)48-35(7,8)9)41-12-13-42(32(41)45)37-27-24-28(37)26-29(37)25(27)36(24,26)16-22(44)47-34(4,5)6/h12-15,19,24-29H,10-11,16H2,1-9H3/t19-,24?,25?,26?,27?,28?,29?,36?,37?/m0/s1. The van der Waals surface area contributed by atoms with Crippen LogP contribution in [-0.2, 0) is 26.2 Å². The van der Waals surface area contributed by atoms with Crippen molar-refractivity contribution >= 4 is 12.1 Å². The van der Waals surface area contributed by atoms with E-state index >= 15 is 0 Å². The molecule has 0 unspecified atom stereocenters. The van der Waals surface area contributed by atoms with Gasteiger partial charge in [0, 0.05) is 30.9 Å². The first-order valence-corrected chi connectivity index (χ1v) is 17.3. The van der Waals surface area contributed by atoms with Crippen molar-refractivity contribution in [1.82, 2.24) is 23.8 Å². The van der Waals surface area contributed by atoms with Crippen LogP contribution in [0.25, 0.3) is 11.5 Å². The average molecular weight is 658 g/mol. The van der Waals surface area contributed by atoms with Crippen LogP contribution in [-0.4, -0.2) is 53.6 Å². The largest absolute Gasteiger partial charge is 0.460 e. The lowest BCUT2D eigenvalue weighted by Gasteiger charge is -3.11. The summed E-state index contributed by atoms with van der Waals surface area (Å²) in [5, 5.41) is 5.01. The van der Waals surface area contributed by atoms with Gasteiger partial charge in [-0.1, -0.05) is 0 Å². The molecule has 48 heavy (non-hydrogen) atoms. The number of imidazole rings is 1. The molecule has 11 heteroatoms. The number of halogens is 1. The number of ether oxygens (including phenoxy) is 2. The van der Waals surface area contributed by atoms with Crippen molar-refractivity contribution in [2.24, 2.45) is 40.9 Å². The molecule has 1 atom stereocenters. The highest BCUT2D eigenvalue weighted by Gasteiger charge is 3.10. The highest BCUT2D eigenvalue weighted by Crippen LogP contribution is 3.09. The number of aryl methyl sites for hydroxylation is 2. The molecule has 6 aliphatic carbocycles. The van der Waals surface area contributed by atoms with Crippen molar-refractivity contribution in [3.63, 3.8) is 0 Å². The summed E-state index contributed by atoms with van der Waals surface area (Å²) in [7, 11) is 0. The van der Waals surface area contributed by atoms with Gasteiger partial charge in [-0.3, -0.25) is 13.9 Å². The van der Waals surface area contributed by atoms with Gasteiger partial charge in [0.05, 0.1) is 29.4 Å². The lowest BCUT2D eigenvalue weighted by atomic mass is 8.94. The SMILES string of the molecule is Cc1cc(-n2nc3c(c2-n2ccn(C45C6C7C4C4C5C6C74CC(=O)OC(C)(C)C)c2=O)[C@H](C)N(C(=O)OC(C)(C)C)CC3)cc(C)c1F. The van der Waals surface area contributed by atoms with Gasteiger partial charge < -0.3 is 14.4 Å². The second-order valence-corrected chi connectivity index (χ2v) is 17.3. The second kappa shape index (κ2) is 8.82. The number of nitrogens with zero attached hydrogens (tertiary/aromatic N) is 5. The first kappa shape index (κ1) is 30.2. The van der Waals surface area contributed by atoms with Gasteiger partial charge in [0.1, 0.15) is 22.8 Å². The minimum atomic E-state index is -0.655. The Kier molecular flexibility index (Phi) is 5.55. The summed E-state index contributed by atoms with van der Waals surface area (Å²) in [5.74, 6) is 2.95. The van der Waals surface area contributed by atoms with Crippen molar-refractivity contribution in [2.75, 3.05) is 6.54 Å². The molecule has 6 fully saturated rings. The van der Waals surface area contributed by atoms with Gasteiger partial charge in [0.2, 0.25) is 0 Å². The van der Waals surface area contributed by atoms with Crippen LogP contribution in [0, 0.1) is 60.6 Å². The smallest absolute Gasteiger partial charge is 0.410 e. The topological polar surface area (TPSA) is 101 Å². The van der Waals surface area contributed by atoms with Gasteiger partial charge in [-0.15, -0.1) is 0 Å². The third-order valence-corrected chi connectivity index (χ3v) is 12.8. The van der Waals surface area contributed by atoms with Crippen LogP contribution in [0.1, 0.15) is 83.3 Å². The molecule has 6 saturated carbocycles. The minimum Gasteiger partial charge on any atom is -0.460 e. The molecular weight excluding hydrogens is 613 g/mol. The molecule has 0 spiro atoms. The van der Waals surface area contributed by atoms with E-state index < -0.39 is 23.3 Å². The van der Waals surface area contributed by atoms with Crippen molar-refractivity contribution in [2.45, 2.75) is 97.9 Å². The fourth-order valence-corrected chi connectivity index (χ4v) is 11.7. The second-order valence-electron chi connectivity index (χ2n) is 17.3. The lowest BCUT2D eigenvalue weighted by molar-refractivity contribution is -0.645. The van der Waals surface area contributed by atoms with E-state index in [0.717, 1.165) is 11.3 Å². The third kappa shape index (κ3) is 3.29. The van der Waals surface area contributed by atoms with E-state index in [1.165, 1.54) is 0 Å². The summed E-state index contributed by atoms with van der Waals surface area (Å²) in [6.45, 7) is 17.1. The van der Waals surface area contributed by atoms with Gasteiger partial charge in [0.25, 0.3) is 0 Å². The van der Waals surface area contributed by atoms with Crippen LogP contribution in [0.15, 0.2) is 29.3 Å². The summed E-state index contributed by atoms with van der Waals surface area (Å²) < 4.78 is 31.6. The first-order valence-electron chi connectivity index (χ1n) is 17.3. The van der Waals surface area contributed by atoms with Crippen LogP contribution in [0.3, 0.4) is 0 Å². The van der Waals surface area contributed by atoms with Gasteiger partial charge in [-0.05, 0) is 126 Å². The monoisotopic (exact) mass is 657 g/mol. The Labute approximate surface area is 279 Å². The van der Waals surface area contributed by atoms with E-state index in [0.29, 0.717) is 77.5 Å². The zero-order valence-corrected chi connectivity index (χ0v) is 29.1. The molecule has 254 valence electrons. The Morgan fingerprint density at radius 1 is 0.938 bits per heavy atom. The maximum Gasteiger partial charge on any atom is 0.410 e. The molecule has 1 aliphatic heterocycles. The molecule has 0 saturated heterocycles. The summed E-state index contributed by atoms with van der Waals surface area (Å²) in [6, 6.07) is 3.09. The number of hydrogen-bond donors (Lipinski definition) is 0. The maximum absolute atomic E-state index is 14.8. The number of hydrogen-bond acceptors (Lipinski definition) is 6. The summed E-state index contributed by atoms with van der Waals surface area (Å²) in [4.78, 5) is 42.5. The van der Waals surface area contributed by atoms with E-state index in [1.54, 1.807) is 40.1 Å². The van der Waals surface area contributed by atoms with E-state index in [9.17, 15) is 18.8 Å². The number of fused-ring (bicyclic) bond motifs is 1. The number of carbonyl (C=O) groups is 2. The quantitative estimate of drug-likeness (QED) is 0.331. The number of esters is 1. The number of amides is 1. The molecule has 0 bridgehead atoms. The average Bonchev–Trinajstić information content (AvgIpc) is 3.54. The van der Waals surface area contributed by atoms with E-state index in [1.807, 2.05) is 65.4 Å². The third-order valence-electron chi connectivity index (χ3n) is 12.8. The summed E-state index contributed by atoms with van der Waals surface area (Å²) in [6.07, 6.45) is 4.33. The highest BCUT2D eigenvalue weighted by molar-refractivity contribution is 5.75.